The van der Waals surface area contributed by atoms with Crippen LogP contribution in [0.15, 0.2) is 12.1 Å². The van der Waals surface area contributed by atoms with Crippen molar-refractivity contribution in [1.29, 1.82) is 0 Å². The topological polar surface area (TPSA) is 52.4 Å². The molecule has 0 bridgehead atoms. The first kappa shape index (κ1) is 11.2. The van der Waals surface area contributed by atoms with Crippen LogP contribution < -0.4 is 0 Å². The summed E-state index contributed by atoms with van der Waals surface area (Å²) in [6.45, 7) is 0.132. The Kier molecular flexibility index (Phi) is 3.69. The molecule has 0 saturated heterocycles. The highest BCUT2D eigenvalue weighted by Gasteiger charge is 2.20. The number of nitro benzene ring substituents is 1. The van der Waals surface area contributed by atoms with Crippen LogP contribution >= 0.6 is 23.2 Å². The van der Waals surface area contributed by atoms with E-state index in [1.54, 1.807) is 0 Å². The third kappa shape index (κ3) is 2.15. The monoisotopic (exact) mass is 235 g/mol. The van der Waals surface area contributed by atoms with Gasteiger partial charge in [-0.15, -0.1) is 0 Å². The van der Waals surface area contributed by atoms with Crippen molar-refractivity contribution in [2.24, 2.45) is 0 Å². The van der Waals surface area contributed by atoms with Crippen molar-refractivity contribution >= 4 is 28.9 Å². The quantitative estimate of drug-likeness (QED) is 0.598. The van der Waals surface area contributed by atoms with Crippen LogP contribution in [0.2, 0.25) is 10.0 Å². The SMILES string of the molecule is COCc1ccc(Cl)c(Cl)c1[N+](=O)[O-]. The second-order valence-electron chi connectivity index (χ2n) is 2.56. The van der Waals surface area contributed by atoms with Gasteiger partial charge < -0.3 is 4.74 Å². The Balaban J connectivity index is 3.30. The minimum atomic E-state index is -0.567. The molecule has 0 unspecified atom stereocenters. The summed E-state index contributed by atoms with van der Waals surface area (Å²) in [5.41, 5.74) is 0.216. The summed E-state index contributed by atoms with van der Waals surface area (Å²) in [4.78, 5) is 10.1. The maximum absolute atomic E-state index is 10.7. The first-order chi connectivity index (χ1) is 6.57. The fourth-order valence-corrected chi connectivity index (χ4v) is 1.46. The Morgan fingerprint density at radius 1 is 1.50 bits per heavy atom. The van der Waals surface area contributed by atoms with Gasteiger partial charge in [0.25, 0.3) is 5.69 Å². The lowest BCUT2D eigenvalue weighted by Crippen LogP contribution is -1.98. The van der Waals surface area contributed by atoms with Gasteiger partial charge in [0.05, 0.1) is 22.1 Å². The van der Waals surface area contributed by atoms with Gasteiger partial charge in [-0.2, -0.15) is 0 Å². The van der Waals surface area contributed by atoms with E-state index in [-0.39, 0.29) is 22.3 Å². The molecule has 0 aromatic heterocycles. The third-order valence-electron chi connectivity index (χ3n) is 1.64. The first-order valence-electron chi connectivity index (χ1n) is 3.68. The molecule has 0 aliphatic heterocycles. The molecule has 0 saturated carbocycles. The zero-order valence-corrected chi connectivity index (χ0v) is 8.80. The summed E-state index contributed by atoms with van der Waals surface area (Å²) in [5.74, 6) is 0. The number of rotatable bonds is 3. The Hall–Kier alpha value is -0.840. The number of nitro groups is 1. The molecule has 0 atom stereocenters. The summed E-state index contributed by atoms with van der Waals surface area (Å²) in [7, 11) is 1.45. The van der Waals surface area contributed by atoms with Gasteiger partial charge in [0.2, 0.25) is 0 Å². The number of halogens is 2. The van der Waals surface area contributed by atoms with Crippen LogP contribution in [0.1, 0.15) is 5.56 Å². The average molecular weight is 236 g/mol. The maximum atomic E-state index is 10.7. The number of methoxy groups -OCH3 is 1. The van der Waals surface area contributed by atoms with Crippen molar-refractivity contribution in [3.63, 3.8) is 0 Å². The molecule has 0 heterocycles. The number of nitrogens with zero attached hydrogens (tertiary/aromatic N) is 1. The summed E-state index contributed by atoms with van der Waals surface area (Å²) in [6.07, 6.45) is 0. The predicted octanol–water partition coefficient (Wildman–Crippen LogP) is 3.05. The molecule has 1 aromatic carbocycles. The van der Waals surface area contributed by atoms with E-state index in [1.165, 1.54) is 19.2 Å². The zero-order valence-electron chi connectivity index (χ0n) is 7.29. The summed E-state index contributed by atoms with van der Waals surface area (Å²) in [5, 5.41) is 10.8. The Labute approximate surface area is 90.5 Å². The van der Waals surface area contributed by atoms with Crippen molar-refractivity contribution in [2.75, 3.05) is 7.11 Å². The fourth-order valence-electron chi connectivity index (χ4n) is 1.05. The van der Waals surface area contributed by atoms with Crippen LogP contribution in [-0.4, -0.2) is 12.0 Å². The molecular weight excluding hydrogens is 229 g/mol. The van der Waals surface area contributed by atoms with Gasteiger partial charge in [0.1, 0.15) is 5.02 Å². The zero-order chi connectivity index (χ0) is 10.7. The lowest BCUT2D eigenvalue weighted by molar-refractivity contribution is -0.385. The molecule has 0 spiro atoms. The number of hydrogen-bond donors (Lipinski definition) is 0. The molecule has 0 radical (unpaired) electrons. The van der Waals surface area contributed by atoms with Gasteiger partial charge in [-0.25, -0.2) is 0 Å². The third-order valence-corrected chi connectivity index (χ3v) is 2.43. The number of benzene rings is 1. The van der Waals surface area contributed by atoms with Gasteiger partial charge >= 0.3 is 0 Å². The average Bonchev–Trinajstić information content (AvgIpc) is 2.11. The molecule has 6 heteroatoms. The molecule has 0 fully saturated rings. The minimum absolute atomic E-state index is 0.0498. The van der Waals surface area contributed by atoms with Crippen molar-refractivity contribution in [3.8, 4) is 0 Å². The predicted molar refractivity (Wildman–Crippen MR) is 53.8 cm³/mol. The smallest absolute Gasteiger partial charge is 0.294 e. The van der Waals surface area contributed by atoms with Crippen LogP contribution in [0.25, 0.3) is 0 Å². The van der Waals surface area contributed by atoms with E-state index in [2.05, 4.69) is 0 Å². The van der Waals surface area contributed by atoms with E-state index in [4.69, 9.17) is 27.9 Å². The van der Waals surface area contributed by atoms with E-state index < -0.39 is 4.92 Å². The van der Waals surface area contributed by atoms with E-state index in [0.29, 0.717) is 5.56 Å². The number of hydrogen-bond acceptors (Lipinski definition) is 3. The van der Waals surface area contributed by atoms with Crippen LogP contribution in [0.3, 0.4) is 0 Å². The Morgan fingerprint density at radius 3 is 2.64 bits per heavy atom. The Bertz CT molecular complexity index is 368. The van der Waals surface area contributed by atoms with Crippen molar-refractivity contribution < 1.29 is 9.66 Å². The van der Waals surface area contributed by atoms with E-state index in [1.807, 2.05) is 0 Å². The van der Waals surface area contributed by atoms with E-state index in [9.17, 15) is 10.1 Å². The lowest BCUT2D eigenvalue weighted by atomic mass is 10.2. The fraction of sp³-hybridized carbons (Fsp3) is 0.250. The molecule has 1 rings (SSSR count). The maximum Gasteiger partial charge on any atom is 0.294 e. The second-order valence-corrected chi connectivity index (χ2v) is 3.34. The summed E-state index contributed by atoms with van der Waals surface area (Å²) >= 11 is 11.4. The minimum Gasteiger partial charge on any atom is -0.380 e. The normalized spacial score (nSPS) is 10.2. The first-order valence-corrected chi connectivity index (χ1v) is 4.43. The standard InChI is InChI=1S/C8H7Cl2NO3/c1-14-4-5-2-3-6(9)7(10)8(5)11(12)13/h2-3H,4H2,1H3. The van der Waals surface area contributed by atoms with Gasteiger partial charge in [0, 0.05) is 7.11 Å². The molecule has 0 aliphatic carbocycles. The van der Waals surface area contributed by atoms with E-state index in [0.717, 1.165) is 0 Å². The molecule has 0 aliphatic rings. The van der Waals surface area contributed by atoms with Crippen LogP contribution in [0.4, 0.5) is 5.69 Å². The highest BCUT2D eigenvalue weighted by molar-refractivity contribution is 6.43. The van der Waals surface area contributed by atoms with Crippen molar-refractivity contribution in [2.45, 2.75) is 6.61 Å². The summed E-state index contributed by atoms with van der Waals surface area (Å²) < 4.78 is 4.81. The van der Waals surface area contributed by atoms with Crippen molar-refractivity contribution in [1.82, 2.24) is 0 Å². The molecule has 0 N–H and O–H groups in total. The van der Waals surface area contributed by atoms with E-state index >= 15 is 0 Å². The van der Waals surface area contributed by atoms with Crippen LogP contribution in [0.5, 0.6) is 0 Å². The molecule has 0 amide bonds. The Morgan fingerprint density at radius 2 is 2.14 bits per heavy atom. The second kappa shape index (κ2) is 4.59. The molecule has 76 valence electrons. The largest absolute Gasteiger partial charge is 0.380 e. The van der Waals surface area contributed by atoms with Gasteiger partial charge in [-0.1, -0.05) is 23.2 Å². The van der Waals surface area contributed by atoms with Crippen molar-refractivity contribution in [3.05, 3.63) is 37.9 Å². The van der Waals surface area contributed by atoms with Gasteiger partial charge in [0.15, 0.2) is 0 Å². The highest BCUT2D eigenvalue weighted by atomic mass is 35.5. The van der Waals surface area contributed by atoms with Gasteiger partial charge in [-0.3, -0.25) is 10.1 Å². The van der Waals surface area contributed by atoms with Crippen LogP contribution in [-0.2, 0) is 11.3 Å². The number of ether oxygens (including phenoxy) is 1. The lowest BCUT2D eigenvalue weighted by Gasteiger charge is -2.04. The van der Waals surface area contributed by atoms with Crippen LogP contribution in [0, 0.1) is 10.1 Å². The molecule has 1 aromatic rings. The summed E-state index contributed by atoms with van der Waals surface area (Å²) in [6, 6.07) is 3.03. The molecule has 4 nitrogen and oxygen atoms in total. The van der Waals surface area contributed by atoms with Gasteiger partial charge in [-0.05, 0) is 12.1 Å². The molecular formula is C8H7Cl2NO3. The highest BCUT2D eigenvalue weighted by Crippen LogP contribution is 2.34. The molecule has 14 heavy (non-hydrogen) atoms.